The van der Waals surface area contributed by atoms with Crippen molar-refractivity contribution in [3.05, 3.63) is 29.8 Å². The van der Waals surface area contributed by atoms with Crippen molar-refractivity contribution in [1.29, 1.82) is 0 Å². The third-order valence-corrected chi connectivity index (χ3v) is 3.94. The van der Waals surface area contributed by atoms with Crippen molar-refractivity contribution >= 4 is 22.0 Å². The molecule has 0 aromatic heterocycles. The molecule has 1 rings (SSSR count). The van der Waals surface area contributed by atoms with Crippen molar-refractivity contribution in [3.8, 4) is 0 Å². The van der Waals surface area contributed by atoms with Crippen molar-refractivity contribution in [2.45, 2.75) is 17.9 Å². The van der Waals surface area contributed by atoms with Crippen LogP contribution in [0.25, 0.3) is 0 Å². The van der Waals surface area contributed by atoms with E-state index in [1.54, 1.807) is 6.92 Å². The van der Waals surface area contributed by atoms with Crippen LogP contribution in [0.3, 0.4) is 0 Å². The molecule has 0 aliphatic carbocycles. The molecule has 1 aromatic carbocycles. The van der Waals surface area contributed by atoms with Crippen LogP contribution in [0, 0.1) is 0 Å². The fourth-order valence-electron chi connectivity index (χ4n) is 1.41. The highest BCUT2D eigenvalue weighted by atomic mass is 32.2. The number of ether oxygens (including phenoxy) is 1. The van der Waals surface area contributed by atoms with E-state index in [4.69, 9.17) is 14.9 Å². The molecule has 1 aromatic rings. The number of aliphatic carboxylic acids is 1. The highest BCUT2D eigenvalue weighted by Crippen LogP contribution is 2.12. The summed E-state index contributed by atoms with van der Waals surface area (Å²) >= 11 is 0. The summed E-state index contributed by atoms with van der Waals surface area (Å²) in [6.07, 6.45) is 0. The van der Waals surface area contributed by atoms with Gasteiger partial charge >= 0.3 is 11.9 Å². The summed E-state index contributed by atoms with van der Waals surface area (Å²) in [4.78, 5) is 21.9. The van der Waals surface area contributed by atoms with E-state index in [0.29, 0.717) is 0 Å². The molecular formula is C12H15NO7S. The zero-order chi connectivity index (χ0) is 16.0. The van der Waals surface area contributed by atoms with Crippen LogP contribution in [0.4, 0.5) is 0 Å². The number of rotatable bonds is 7. The Kier molecular flexibility index (Phi) is 5.82. The molecular weight excluding hydrogens is 302 g/mol. The molecule has 0 fully saturated rings. The molecule has 21 heavy (non-hydrogen) atoms. The Bertz CT molecular complexity index is 609. The Hall–Kier alpha value is -1.97. The van der Waals surface area contributed by atoms with Gasteiger partial charge in [0.05, 0.1) is 23.7 Å². The fourth-order valence-corrected chi connectivity index (χ4v) is 2.59. The standard InChI is InChI=1S/C12H15NO7S/c1-2-20-12(17)8-3-5-9(6-4-8)21(18,19)13-10(7-14)11(15)16/h3-6,10,13-14H,2,7H2,1H3,(H,15,16)/t10-/m1/s1. The zero-order valence-electron chi connectivity index (χ0n) is 11.1. The number of benzene rings is 1. The number of carbonyl (C=O) groups excluding carboxylic acids is 1. The van der Waals surface area contributed by atoms with Crippen LogP contribution in [0.1, 0.15) is 17.3 Å². The topological polar surface area (TPSA) is 130 Å². The number of nitrogens with one attached hydrogen (secondary N) is 1. The average molecular weight is 317 g/mol. The number of esters is 1. The molecule has 0 radical (unpaired) electrons. The van der Waals surface area contributed by atoms with Crippen LogP contribution in [0.5, 0.6) is 0 Å². The van der Waals surface area contributed by atoms with E-state index in [1.807, 2.05) is 4.72 Å². The largest absolute Gasteiger partial charge is 0.480 e. The van der Waals surface area contributed by atoms with Gasteiger partial charge in [0.25, 0.3) is 0 Å². The summed E-state index contributed by atoms with van der Waals surface area (Å²) in [6.45, 7) is 0.953. The van der Waals surface area contributed by atoms with Gasteiger partial charge in [-0.3, -0.25) is 4.79 Å². The number of aliphatic hydroxyl groups excluding tert-OH is 1. The number of carboxylic acid groups (broad SMARTS) is 1. The maximum Gasteiger partial charge on any atom is 0.338 e. The summed E-state index contributed by atoms with van der Waals surface area (Å²) < 4.78 is 30.4. The molecule has 0 bridgehead atoms. The first-order valence-electron chi connectivity index (χ1n) is 5.95. The molecule has 0 saturated carbocycles. The minimum atomic E-state index is -4.11. The molecule has 0 heterocycles. The highest BCUT2D eigenvalue weighted by molar-refractivity contribution is 7.89. The number of carboxylic acids is 1. The van der Waals surface area contributed by atoms with Gasteiger partial charge in [-0.05, 0) is 31.2 Å². The second-order valence-electron chi connectivity index (χ2n) is 3.94. The van der Waals surface area contributed by atoms with Gasteiger partial charge in [-0.15, -0.1) is 0 Å². The van der Waals surface area contributed by atoms with Crippen molar-refractivity contribution in [2.24, 2.45) is 0 Å². The number of hydrogen-bond acceptors (Lipinski definition) is 6. The SMILES string of the molecule is CCOC(=O)c1ccc(S(=O)(=O)N[C@H](CO)C(=O)O)cc1. The van der Waals surface area contributed by atoms with Gasteiger partial charge in [0.15, 0.2) is 0 Å². The Morgan fingerprint density at radius 1 is 1.29 bits per heavy atom. The Balaban J connectivity index is 2.94. The maximum absolute atomic E-state index is 11.9. The zero-order valence-corrected chi connectivity index (χ0v) is 12.0. The van der Waals surface area contributed by atoms with Crippen LogP contribution in [0.15, 0.2) is 29.2 Å². The van der Waals surface area contributed by atoms with Gasteiger partial charge < -0.3 is 14.9 Å². The lowest BCUT2D eigenvalue weighted by molar-refractivity contribution is -0.139. The first-order chi connectivity index (χ1) is 9.81. The van der Waals surface area contributed by atoms with Crippen molar-refractivity contribution in [1.82, 2.24) is 4.72 Å². The van der Waals surface area contributed by atoms with Gasteiger partial charge in [0, 0.05) is 0 Å². The average Bonchev–Trinajstić information content (AvgIpc) is 2.45. The molecule has 116 valence electrons. The second kappa shape index (κ2) is 7.16. The van der Waals surface area contributed by atoms with Gasteiger partial charge in [0.2, 0.25) is 10.0 Å². The van der Waals surface area contributed by atoms with Crippen LogP contribution in [0.2, 0.25) is 0 Å². The van der Waals surface area contributed by atoms with E-state index >= 15 is 0 Å². The van der Waals surface area contributed by atoms with Gasteiger partial charge in [-0.2, -0.15) is 4.72 Å². The third kappa shape index (κ3) is 4.52. The van der Waals surface area contributed by atoms with E-state index in [0.717, 1.165) is 12.1 Å². The number of carbonyl (C=O) groups is 2. The Morgan fingerprint density at radius 2 is 1.86 bits per heavy atom. The second-order valence-corrected chi connectivity index (χ2v) is 5.65. The van der Waals surface area contributed by atoms with Gasteiger partial charge in [-0.1, -0.05) is 0 Å². The number of aliphatic hydroxyl groups is 1. The fraction of sp³-hybridized carbons (Fsp3) is 0.333. The summed E-state index contributed by atoms with van der Waals surface area (Å²) in [5.74, 6) is -2.09. The lowest BCUT2D eigenvalue weighted by atomic mass is 10.2. The van der Waals surface area contributed by atoms with Crippen LogP contribution in [-0.2, 0) is 19.6 Å². The van der Waals surface area contributed by atoms with Crippen molar-refractivity contribution < 1.29 is 33.0 Å². The van der Waals surface area contributed by atoms with E-state index in [9.17, 15) is 18.0 Å². The predicted octanol–water partition coefficient (Wildman–Crippen LogP) is -0.413. The summed E-state index contributed by atoms with van der Waals surface area (Å²) in [5.41, 5.74) is 0.174. The Labute approximate surface area is 121 Å². The molecule has 0 saturated heterocycles. The first-order valence-corrected chi connectivity index (χ1v) is 7.43. The van der Waals surface area contributed by atoms with E-state index in [-0.39, 0.29) is 17.1 Å². The lowest BCUT2D eigenvalue weighted by Gasteiger charge is -2.12. The maximum atomic E-state index is 11.9. The highest BCUT2D eigenvalue weighted by Gasteiger charge is 2.24. The van der Waals surface area contributed by atoms with Crippen LogP contribution < -0.4 is 4.72 Å². The van der Waals surface area contributed by atoms with Gasteiger partial charge in [-0.25, -0.2) is 13.2 Å². The summed E-state index contributed by atoms with van der Waals surface area (Å²) in [7, 11) is -4.11. The van der Waals surface area contributed by atoms with Crippen molar-refractivity contribution in [3.63, 3.8) is 0 Å². The minimum Gasteiger partial charge on any atom is -0.480 e. The monoisotopic (exact) mass is 317 g/mol. The van der Waals surface area contributed by atoms with E-state index in [2.05, 4.69) is 0 Å². The molecule has 0 amide bonds. The van der Waals surface area contributed by atoms with Crippen molar-refractivity contribution in [2.75, 3.05) is 13.2 Å². The number of hydrogen-bond donors (Lipinski definition) is 3. The van der Waals surface area contributed by atoms with E-state index < -0.39 is 34.6 Å². The molecule has 0 spiro atoms. The normalized spacial score (nSPS) is 12.7. The molecule has 0 aliphatic heterocycles. The predicted molar refractivity (Wildman–Crippen MR) is 71.2 cm³/mol. The Morgan fingerprint density at radius 3 is 2.29 bits per heavy atom. The number of sulfonamides is 1. The molecule has 0 unspecified atom stereocenters. The summed E-state index contributed by atoms with van der Waals surface area (Å²) in [5, 5.41) is 17.5. The summed E-state index contributed by atoms with van der Waals surface area (Å²) in [6, 6.07) is 3.15. The van der Waals surface area contributed by atoms with Crippen LogP contribution >= 0.6 is 0 Å². The van der Waals surface area contributed by atoms with Crippen LogP contribution in [-0.4, -0.2) is 49.8 Å². The lowest BCUT2D eigenvalue weighted by Crippen LogP contribution is -2.43. The first kappa shape index (κ1) is 17.1. The van der Waals surface area contributed by atoms with E-state index in [1.165, 1.54) is 12.1 Å². The smallest absolute Gasteiger partial charge is 0.338 e. The molecule has 9 heteroatoms. The van der Waals surface area contributed by atoms with Gasteiger partial charge in [0.1, 0.15) is 6.04 Å². The molecule has 0 aliphatic rings. The quantitative estimate of drug-likeness (QED) is 0.583. The minimum absolute atomic E-state index is 0.174. The molecule has 1 atom stereocenters. The third-order valence-electron chi connectivity index (χ3n) is 2.45. The molecule has 3 N–H and O–H groups in total. The molecule has 8 nitrogen and oxygen atoms in total.